The largest absolute Gasteiger partial charge is 0.495 e. The minimum Gasteiger partial charge on any atom is -0.495 e. The molecule has 9 heteroatoms. The molecular weight excluding hydrogens is 592 g/mol. The summed E-state index contributed by atoms with van der Waals surface area (Å²) in [5.74, 6) is 0.780. The summed E-state index contributed by atoms with van der Waals surface area (Å²) in [4.78, 5) is 24.7. The minimum absolute atomic E-state index is 0.201. The Hall–Kier alpha value is -6.22. The van der Waals surface area contributed by atoms with Gasteiger partial charge in [0.1, 0.15) is 17.2 Å². The molecule has 0 saturated heterocycles. The number of nitrogens with zero attached hydrogens (tertiary/aromatic N) is 2. The van der Waals surface area contributed by atoms with E-state index in [1.807, 2.05) is 128 Å². The van der Waals surface area contributed by atoms with Crippen molar-refractivity contribution in [1.29, 1.82) is 0 Å². The first-order valence-corrected chi connectivity index (χ1v) is 14.9. The SMILES string of the molecule is COc1c(/C=N/NC(=O)COc2ccc(-c3ccccc3)cc2)cc(C)cc1/C=N/NC(=O)COc1ccc(-c2ccccc2)cc1. The molecule has 0 radical (unpaired) electrons. The van der Waals surface area contributed by atoms with Gasteiger partial charge < -0.3 is 14.2 Å². The van der Waals surface area contributed by atoms with Crippen LogP contribution in [0.25, 0.3) is 22.3 Å². The number of carbonyl (C=O) groups excluding carboxylic acids is 2. The van der Waals surface area contributed by atoms with E-state index in [2.05, 4.69) is 21.1 Å². The maximum atomic E-state index is 12.4. The van der Waals surface area contributed by atoms with Crippen LogP contribution in [0.4, 0.5) is 0 Å². The van der Waals surface area contributed by atoms with Gasteiger partial charge in [-0.3, -0.25) is 9.59 Å². The Morgan fingerprint density at radius 3 is 1.36 bits per heavy atom. The third-order valence-electron chi connectivity index (χ3n) is 6.94. The Labute approximate surface area is 273 Å². The van der Waals surface area contributed by atoms with Crippen LogP contribution >= 0.6 is 0 Å². The Morgan fingerprint density at radius 2 is 0.979 bits per heavy atom. The van der Waals surface area contributed by atoms with E-state index in [9.17, 15) is 9.59 Å². The lowest BCUT2D eigenvalue weighted by molar-refractivity contribution is -0.123. The molecule has 0 aliphatic carbocycles. The van der Waals surface area contributed by atoms with Crippen molar-refractivity contribution in [3.8, 4) is 39.5 Å². The molecule has 236 valence electrons. The van der Waals surface area contributed by atoms with Crippen molar-refractivity contribution >= 4 is 24.2 Å². The number of methoxy groups -OCH3 is 1. The summed E-state index contributed by atoms with van der Waals surface area (Å²) in [6.07, 6.45) is 2.95. The van der Waals surface area contributed by atoms with Gasteiger partial charge in [-0.2, -0.15) is 10.2 Å². The van der Waals surface area contributed by atoms with Crippen LogP contribution in [0, 0.1) is 6.92 Å². The monoisotopic (exact) mass is 626 g/mol. The van der Waals surface area contributed by atoms with Gasteiger partial charge in [0.15, 0.2) is 13.2 Å². The van der Waals surface area contributed by atoms with Crippen molar-refractivity contribution in [2.45, 2.75) is 6.92 Å². The molecule has 5 rings (SSSR count). The summed E-state index contributed by atoms with van der Waals surface area (Å²) < 4.78 is 16.8. The highest BCUT2D eigenvalue weighted by molar-refractivity contribution is 5.93. The molecule has 2 N–H and O–H groups in total. The van der Waals surface area contributed by atoms with Crippen molar-refractivity contribution in [1.82, 2.24) is 10.9 Å². The first-order valence-electron chi connectivity index (χ1n) is 14.9. The van der Waals surface area contributed by atoms with E-state index in [-0.39, 0.29) is 13.2 Å². The molecule has 5 aromatic carbocycles. The van der Waals surface area contributed by atoms with Gasteiger partial charge in [-0.15, -0.1) is 0 Å². The predicted octanol–water partition coefficient (Wildman–Crippen LogP) is 6.40. The van der Waals surface area contributed by atoms with Crippen LogP contribution in [0.3, 0.4) is 0 Å². The quantitative estimate of drug-likeness (QED) is 0.116. The van der Waals surface area contributed by atoms with Crippen molar-refractivity contribution in [2.24, 2.45) is 10.2 Å². The van der Waals surface area contributed by atoms with Gasteiger partial charge in [-0.1, -0.05) is 84.9 Å². The van der Waals surface area contributed by atoms with E-state index in [0.29, 0.717) is 28.4 Å². The first kappa shape index (κ1) is 32.2. The highest BCUT2D eigenvalue weighted by Crippen LogP contribution is 2.24. The Kier molecular flexibility index (Phi) is 11.1. The second-order valence-electron chi connectivity index (χ2n) is 10.4. The lowest BCUT2D eigenvalue weighted by Crippen LogP contribution is -2.24. The van der Waals surface area contributed by atoms with Crippen LogP contribution < -0.4 is 25.1 Å². The van der Waals surface area contributed by atoms with E-state index in [1.54, 1.807) is 0 Å². The van der Waals surface area contributed by atoms with Crippen LogP contribution in [-0.4, -0.2) is 44.6 Å². The molecule has 2 amide bonds. The highest BCUT2D eigenvalue weighted by Gasteiger charge is 2.10. The van der Waals surface area contributed by atoms with Crippen molar-refractivity contribution in [3.63, 3.8) is 0 Å². The number of hydrazone groups is 2. The van der Waals surface area contributed by atoms with Gasteiger partial charge in [-0.25, -0.2) is 10.9 Å². The van der Waals surface area contributed by atoms with Crippen molar-refractivity contribution in [3.05, 3.63) is 138 Å². The van der Waals surface area contributed by atoms with E-state index in [0.717, 1.165) is 27.8 Å². The second-order valence-corrected chi connectivity index (χ2v) is 10.4. The smallest absolute Gasteiger partial charge is 0.277 e. The number of amides is 2. The third-order valence-corrected chi connectivity index (χ3v) is 6.94. The van der Waals surface area contributed by atoms with Crippen LogP contribution in [0.5, 0.6) is 17.2 Å². The summed E-state index contributed by atoms with van der Waals surface area (Å²) in [7, 11) is 1.52. The van der Waals surface area contributed by atoms with Crippen LogP contribution in [0.1, 0.15) is 16.7 Å². The lowest BCUT2D eigenvalue weighted by atomic mass is 10.1. The molecule has 0 unspecified atom stereocenters. The number of aryl methyl sites for hydroxylation is 1. The molecule has 0 bridgehead atoms. The molecular formula is C38H34N4O5. The summed E-state index contributed by atoms with van der Waals surface area (Å²) in [5.41, 5.74) is 11.4. The van der Waals surface area contributed by atoms with Gasteiger partial charge in [0.25, 0.3) is 11.8 Å². The molecule has 0 aliphatic rings. The van der Waals surface area contributed by atoms with Crippen molar-refractivity contribution < 1.29 is 23.8 Å². The number of hydrogen-bond acceptors (Lipinski definition) is 7. The molecule has 0 heterocycles. The molecule has 0 spiro atoms. The number of nitrogens with one attached hydrogen (secondary N) is 2. The summed E-state index contributed by atoms with van der Waals surface area (Å²) in [6, 6.07) is 38.7. The number of hydrogen-bond donors (Lipinski definition) is 2. The van der Waals surface area contributed by atoms with E-state index in [1.165, 1.54) is 19.5 Å². The van der Waals surface area contributed by atoms with Crippen LogP contribution in [0.15, 0.2) is 132 Å². The maximum absolute atomic E-state index is 12.4. The minimum atomic E-state index is -0.418. The van der Waals surface area contributed by atoms with Gasteiger partial charge in [-0.05, 0) is 71.1 Å². The number of benzene rings is 5. The fraction of sp³-hybridized carbons (Fsp3) is 0.105. The Balaban J connectivity index is 1.10. The summed E-state index contributed by atoms with van der Waals surface area (Å²) in [6.45, 7) is 1.50. The molecule has 0 aromatic heterocycles. The van der Waals surface area contributed by atoms with Crippen LogP contribution in [-0.2, 0) is 9.59 Å². The standard InChI is InChI=1S/C38H34N4O5/c1-27-21-32(23-39-41-36(43)25-46-34-17-13-30(14-18-34)28-9-5-3-6-10-28)38(45-2)33(22-27)24-40-42-37(44)26-47-35-19-15-31(16-20-35)29-11-7-4-8-12-29/h3-24H,25-26H2,1-2H3,(H,41,43)(H,42,44)/b39-23+,40-24+. The van der Waals surface area contributed by atoms with E-state index >= 15 is 0 Å². The normalized spacial score (nSPS) is 10.9. The predicted molar refractivity (Wildman–Crippen MR) is 184 cm³/mol. The molecule has 0 aliphatic heterocycles. The average molecular weight is 627 g/mol. The zero-order chi connectivity index (χ0) is 32.8. The topological polar surface area (TPSA) is 111 Å². The molecule has 47 heavy (non-hydrogen) atoms. The van der Waals surface area contributed by atoms with Gasteiger partial charge >= 0.3 is 0 Å². The van der Waals surface area contributed by atoms with Gasteiger partial charge in [0.2, 0.25) is 0 Å². The lowest BCUT2D eigenvalue weighted by Gasteiger charge is -2.10. The van der Waals surface area contributed by atoms with Crippen LogP contribution in [0.2, 0.25) is 0 Å². The molecule has 0 fully saturated rings. The average Bonchev–Trinajstić information content (AvgIpc) is 3.11. The fourth-order valence-electron chi connectivity index (χ4n) is 4.72. The summed E-state index contributed by atoms with van der Waals surface area (Å²) >= 11 is 0. The maximum Gasteiger partial charge on any atom is 0.277 e. The first-order chi connectivity index (χ1) is 23.0. The zero-order valence-electron chi connectivity index (χ0n) is 26.1. The molecule has 0 atom stereocenters. The zero-order valence-corrected chi connectivity index (χ0v) is 26.1. The van der Waals surface area contributed by atoms with Gasteiger partial charge in [0, 0.05) is 11.1 Å². The summed E-state index contributed by atoms with van der Waals surface area (Å²) in [5, 5.41) is 8.13. The van der Waals surface area contributed by atoms with E-state index < -0.39 is 11.8 Å². The second kappa shape index (κ2) is 16.2. The number of carbonyl (C=O) groups is 2. The molecule has 5 aromatic rings. The van der Waals surface area contributed by atoms with Crippen molar-refractivity contribution in [2.75, 3.05) is 20.3 Å². The fourth-order valence-corrected chi connectivity index (χ4v) is 4.72. The highest BCUT2D eigenvalue weighted by atomic mass is 16.5. The Bertz CT molecular complexity index is 1710. The van der Waals surface area contributed by atoms with E-state index in [4.69, 9.17) is 14.2 Å². The van der Waals surface area contributed by atoms with Gasteiger partial charge in [0.05, 0.1) is 19.5 Å². The molecule has 0 saturated carbocycles. The number of rotatable bonds is 13. The number of ether oxygens (including phenoxy) is 3. The third kappa shape index (κ3) is 9.39. The molecule has 9 nitrogen and oxygen atoms in total. The Morgan fingerprint density at radius 1 is 0.596 bits per heavy atom.